The molecule has 0 unspecified atom stereocenters. The van der Waals surface area contributed by atoms with Crippen molar-refractivity contribution < 1.29 is 43.6 Å². The molecule has 3 aromatic carbocycles. The number of aromatic hydroxyl groups is 1. The Kier molecular flexibility index (Phi) is 13.3. The highest BCUT2D eigenvalue weighted by Crippen LogP contribution is 2.58. The van der Waals surface area contributed by atoms with E-state index in [1.807, 2.05) is 54.6 Å². The van der Waals surface area contributed by atoms with Crippen LogP contribution in [0.5, 0.6) is 5.75 Å². The molecule has 7 rings (SSSR count). The number of ether oxygens (including phenoxy) is 3. The lowest BCUT2D eigenvalue weighted by Crippen LogP contribution is -2.69. The second kappa shape index (κ2) is 18.6. The number of amides is 2. The van der Waals surface area contributed by atoms with Crippen LogP contribution in [0.2, 0.25) is 0 Å². The van der Waals surface area contributed by atoms with Crippen molar-refractivity contribution in [3.63, 3.8) is 0 Å². The number of unbranched alkanes of at least 4 members (excludes halogenated alkanes) is 4. The van der Waals surface area contributed by atoms with Crippen molar-refractivity contribution in [2.24, 2.45) is 5.41 Å². The lowest BCUT2D eigenvalue weighted by atomic mass is 9.62. The number of hydrogen-bond acceptors (Lipinski definition) is 10. The summed E-state index contributed by atoms with van der Waals surface area (Å²) in [6.45, 7) is 4.60. The number of aliphatic hydroxyl groups excluding tert-OH is 1. The van der Waals surface area contributed by atoms with Gasteiger partial charge < -0.3 is 35.1 Å². The normalized spacial score (nSPS) is 25.7. The molecule has 0 spiro atoms. The zero-order valence-corrected chi connectivity index (χ0v) is 33.6. The van der Waals surface area contributed by atoms with Gasteiger partial charge in [-0.05, 0) is 59.7 Å². The number of phenolic OH excluding ortho intramolecular Hbond substituents is 1. The van der Waals surface area contributed by atoms with E-state index in [-0.39, 0.29) is 50.2 Å². The van der Waals surface area contributed by atoms with Gasteiger partial charge in [0.1, 0.15) is 35.6 Å². The number of carbonyl (C=O) groups excluding carboxylic acids is 3. The van der Waals surface area contributed by atoms with Gasteiger partial charge in [-0.25, -0.2) is 0 Å². The maximum Gasteiger partial charge on any atom is 0.327 e. The minimum Gasteiger partial charge on any atom is -0.508 e. The third-order valence-electron chi connectivity index (χ3n) is 12.0. The topological polar surface area (TPSA) is 156 Å². The first kappa shape index (κ1) is 41.6. The number of aliphatic hydroxyl groups is 1. The number of esters is 1. The number of allylic oxidation sites excluding steroid dienone is 1. The van der Waals surface area contributed by atoms with Gasteiger partial charge in [-0.15, -0.1) is 0 Å². The first-order valence-corrected chi connectivity index (χ1v) is 21.0. The molecule has 3 aliphatic heterocycles. The van der Waals surface area contributed by atoms with Crippen LogP contribution in [0.3, 0.4) is 0 Å². The first-order valence-electron chi connectivity index (χ1n) is 21.0. The monoisotopic (exact) mass is 795 g/mol. The third kappa shape index (κ3) is 8.72. The third-order valence-corrected chi connectivity index (χ3v) is 12.0. The van der Waals surface area contributed by atoms with E-state index < -0.39 is 47.6 Å². The Bertz CT molecular complexity index is 1940. The zero-order valence-electron chi connectivity index (χ0n) is 33.6. The van der Waals surface area contributed by atoms with Gasteiger partial charge in [0, 0.05) is 37.9 Å². The number of benzene rings is 3. The van der Waals surface area contributed by atoms with Gasteiger partial charge in [0.2, 0.25) is 5.91 Å². The average molecular weight is 796 g/mol. The van der Waals surface area contributed by atoms with Gasteiger partial charge in [0.15, 0.2) is 11.8 Å². The van der Waals surface area contributed by atoms with Crippen LogP contribution in [0, 0.1) is 5.41 Å². The zero-order chi connectivity index (χ0) is 40.7. The summed E-state index contributed by atoms with van der Waals surface area (Å²) in [4.78, 5) is 48.7. The Balaban J connectivity index is 1.17. The summed E-state index contributed by atoms with van der Waals surface area (Å²) in [7, 11) is 0. The SMILES string of the molecule is CCCCCC1(CCCCC)O[C@@H]2[C@H](O1)[C@H]1ON(Cc3cccc(C=CCc4ccccc4O)c3)[C@H]3C(=O)O[C@@H]2C[C@@]13C(=O)NCc1cccc(C(=O)NCCO)c1. The number of hydrogen-bond donors (Lipinski definition) is 4. The van der Waals surface area contributed by atoms with Crippen LogP contribution < -0.4 is 10.6 Å². The molecule has 0 aromatic heterocycles. The number of hydroxylamine groups is 2. The summed E-state index contributed by atoms with van der Waals surface area (Å²) < 4.78 is 20.1. The van der Waals surface area contributed by atoms with E-state index in [9.17, 15) is 19.5 Å². The summed E-state index contributed by atoms with van der Waals surface area (Å²) in [5.41, 5.74) is 2.40. The number of phenols is 1. The fourth-order valence-electron chi connectivity index (χ4n) is 9.12. The molecule has 6 atom stereocenters. The fourth-order valence-corrected chi connectivity index (χ4v) is 9.12. The summed E-state index contributed by atoms with van der Waals surface area (Å²) in [5, 5.41) is 26.8. The molecule has 12 heteroatoms. The molecular formula is C46H57N3O9. The molecule has 3 saturated heterocycles. The predicted octanol–water partition coefficient (Wildman–Crippen LogP) is 6.13. The number of para-hydroxylation sites is 1. The molecule has 2 amide bonds. The predicted molar refractivity (Wildman–Crippen MR) is 217 cm³/mol. The van der Waals surface area contributed by atoms with E-state index in [4.69, 9.17) is 24.2 Å². The minimum absolute atomic E-state index is 0.111. The van der Waals surface area contributed by atoms with E-state index in [1.54, 1.807) is 35.4 Å². The Labute approximate surface area is 340 Å². The van der Waals surface area contributed by atoms with Crippen molar-refractivity contribution in [1.29, 1.82) is 0 Å². The average Bonchev–Trinajstić information content (AvgIpc) is 3.78. The molecule has 58 heavy (non-hydrogen) atoms. The maximum atomic E-state index is 14.9. The van der Waals surface area contributed by atoms with E-state index >= 15 is 0 Å². The van der Waals surface area contributed by atoms with Crippen LogP contribution >= 0.6 is 0 Å². The molecule has 2 bridgehead atoms. The summed E-state index contributed by atoms with van der Waals surface area (Å²) in [6, 6.07) is 21.1. The molecule has 310 valence electrons. The van der Waals surface area contributed by atoms with Gasteiger partial charge in [-0.3, -0.25) is 19.2 Å². The molecule has 3 heterocycles. The van der Waals surface area contributed by atoms with Crippen LogP contribution in [0.4, 0.5) is 0 Å². The van der Waals surface area contributed by atoms with Crippen molar-refractivity contribution in [2.75, 3.05) is 13.2 Å². The number of nitrogens with one attached hydrogen (secondary N) is 2. The lowest BCUT2D eigenvalue weighted by Gasteiger charge is -2.48. The van der Waals surface area contributed by atoms with Crippen LogP contribution in [0.25, 0.3) is 6.08 Å². The van der Waals surface area contributed by atoms with E-state index in [1.165, 1.54) is 0 Å². The summed E-state index contributed by atoms with van der Waals surface area (Å²) in [6.07, 6.45) is 9.38. The van der Waals surface area contributed by atoms with Crippen LogP contribution in [-0.4, -0.2) is 82.5 Å². The van der Waals surface area contributed by atoms with E-state index in [0.29, 0.717) is 30.4 Å². The maximum absolute atomic E-state index is 14.9. The highest BCUT2D eigenvalue weighted by atomic mass is 16.8. The van der Waals surface area contributed by atoms with Crippen molar-refractivity contribution in [2.45, 2.75) is 127 Å². The summed E-state index contributed by atoms with van der Waals surface area (Å²) in [5.74, 6) is -1.83. The minimum atomic E-state index is -1.35. The highest BCUT2D eigenvalue weighted by molar-refractivity contribution is 5.95. The van der Waals surface area contributed by atoms with Crippen molar-refractivity contribution in [1.82, 2.24) is 15.7 Å². The Hall–Kier alpha value is -4.59. The van der Waals surface area contributed by atoms with Crippen molar-refractivity contribution in [3.05, 3.63) is 107 Å². The Morgan fingerprint density at radius 1 is 0.897 bits per heavy atom. The highest BCUT2D eigenvalue weighted by Gasteiger charge is 2.76. The first-order chi connectivity index (χ1) is 28.2. The van der Waals surface area contributed by atoms with E-state index in [0.717, 1.165) is 55.2 Å². The molecule has 1 saturated carbocycles. The van der Waals surface area contributed by atoms with Crippen LogP contribution in [-0.2, 0) is 48.1 Å². The number of fused-ring (bicyclic) bond motifs is 4. The van der Waals surface area contributed by atoms with Gasteiger partial charge in [0.05, 0.1) is 13.2 Å². The van der Waals surface area contributed by atoms with Crippen molar-refractivity contribution >= 4 is 23.9 Å². The molecule has 0 radical (unpaired) electrons. The standard InChI is InChI=1S/C46H57N3O9/c1-3-5-9-22-45(23-10-6-4-2)56-38-37-28-46(44(54)48-29-32-16-13-20-35(27-32)42(52)47-24-25-50)40(43(53)55-37)49(58-41(46)39(38)57-45)30-33-17-11-14-31(26-33)15-12-19-34-18-7-8-21-36(34)51/h7-8,11-18,20-21,26-27,37-41,50-51H,3-6,9-10,19,22-25,28-30H2,1-2H3,(H,47,52)(H,48,54)/t37-,38+,39+,40+,41-,46+/m1/s1. The Morgan fingerprint density at radius 3 is 2.40 bits per heavy atom. The molecule has 4 aliphatic rings. The molecule has 4 fully saturated rings. The second-order valence-electron chi connectivity index (χ2n) is 16.1. The van der Waals surface area contributed by atoms with Crippen LogP contribution in [0.1, 0.15) is 104 Å². The quantitative estimate of drug-likeness (QED) is 0.0823. The van der Waals surface area contributed by atoms with E-state index in [2.05, 4.69) is 24.5 Å². The number of rotatable bonds is 19. The smallest absolute Gasteiger partial charge is 0.327 e. The van der Waals surface area contributed by atoms with Gasteiger partial charge in [0.25, 0.3) is 5.91 Å². The van der Waals surface area contributed by atoms with Gasteiger partial charge >= 0.3 is 5.97 Å². The molecular weight excluding hydrogens is 739 g/mol. The van der Waals surface area contributed by atoms with Gasteiger partial charge in [-0.2, -0.15) is 5.06 Å². The second-order valence-corrected chi connectivity index (χ2v) is 16.1. The van der Waals surface area contributed by atoms with Gasteiger partial charge in [-0.1, -0.05) is 106 Å². The lowest BCUT2D eigenvalue weighted by molar-refractivity contribution is -0.224. The molecule has 12 nitrogen and oxygen atoms in total. The molecule has 1 aliphatic carbocycles. The van der Waals surface area contributed by atoms with Crippen LogP contribution in [0.15, 0.2) is 78.9 Å². The van der Waals surface area contributed by atoms with Crippen molar-refractivity contribution in [3.8, 4) is 5.75 Å². The summed E-state index contributed by atoms with van der Waals surface area (Å²) >= 11 is 0. The largest absolute Gasteiger partial charge is 0.508 e. The number of carbonyl (C=O) groups is 3. The molecule has 3 aromatic rings. The number of nitrogens with zero attached hydrogens (tertiary/aromatic N) is 1. The molecule has 4 N–H and O–H groups in total. The Morgan fingerprint density at radius 2 is 1.64 bits per heavy atom. The fraction of sp³-hybridized carbons (Fsp3) is 0.500.